The van der Waals surface area contributed by atoms with Crippen molar-refractivity contribution in [1.29, 1.82) is 0 Å². The third kappa shape index (κ3) is 3.29. The van der Waals surface area contributed by atoms with Crippen LogP contribution in [0.15, 0.2) is 42.5 Å². The van der Waals surface area contributed by atoms with Crippen molar-refractivity contribution in [3.8, 4) is 5.75 Å². The van der Waals surface area contributed by atoms with E-state index in [-0.39, 0.29) is 17.6 Å². The monoisotopic (exact) mass is 263 g/mol. The lowest BCUT2D eigenvalue weighted by Crippen LogP contribution is -2.18. The van der Waals surface area contributed by atoms with Gasteiger partial charge in [0, 0.05) is 29.8 Å². The highest BCUT2D eigenvalue weighted by Gasteiger charge is 2.11. The van der Waals surface area contributed by atoms with Crippen LogP contribution in [0.2, 0.25) is 0 Å². The van der Waals surface area contributed by atoms with Crippen molar-refractivity contribution in [1.82, 2.24) is 5.32 Å². The van der Waals surface area contributed by atoms with Gasteiger partial charge in [0.2, 0.25) is 0 Å². The molecule has 0 fully saturated rings. The average molecular weight is 263 g/mol. The summed E-state index contributed by atoms with van der Waals surface area (Å²) < 4.78 is 26.3. The van der Waals surface area contributed by atoms with Crippen LogP contribution < -0.4 is 5.32 Å². The van der Waals surface area contributed by atoms with Gasteiger partial charge in [-0.25, -0.2) is 8.78 Å². The van der Waals surface area contributed by atoms with Gasteiger partial charge in [-0.05, 0) is 19.1 Å². The summed E-state index contributed by atoms with van der Waals surface area (Å²) in [6.07, 6.45) is 0. The molecule has 0 aliphatic rings. The second-order valence-corrected chi connectivity index (χ2v) is 4.40. The number of phenols is 1. The first kappa shape index (κ1) is 13.5. The van der Waals surface area contributed by atoms with Crippen molar-refractivity contribution in [3.63, 3.8) is 0 Å². The van der Waals surface area contributed by atoms with Gasteiger partial charge in [-0.3, -0.25) is 0 Å². The Morgan fingerprint density at radius 3 is 2.58 bits per heavy atom. The first-order valence-corrected chi connectivity index (χ1v) is 6.03. The van der Waals surface area contributed by atoms with Crippen molar-refractivity contribution >= 4 is 0 Å². The van der Waals surface area contributed by atoms with E-state index < -0.39 is 5.82 Å². The van der Waals surface area contributed by atoms with E-state index in [9.17, 15) is 13.9 Å². The highest BCUT2D eigenvalue weighted by molar-refractivity contribution is 5.35. The Morgan fingerprint density at radius 1 is 1.16 bits per heavy atom. The molecule has 2 N–H and O–H groups in total. The minimum Gasteiger partial charge on any atom is -0.508 e. The molecule has 2 aromatic rings. The molecule has 0 heterocycles. The quantitative estimate of drug-likeness (QED) is 0.884. The lowest BCUT2D eigenvalue weighted by atomic mass is 10.1. The number of hydrogen-bond acceptors (Lipinski definition) is 2. The summed E-state index contributed by atoms with van der Waals surface area (Å²) in [6.45, 7) is 2.17. The Hall–Kier alpha value is -1.94. The van der Waals surface area contributed by atoms with Gasteiger partial charge in [-0.15, -0.1) is 0 Å². The van der Waals surface area contributed by atoms with Crippen LogP contribution in [0.5, 0.6) is 5.75 Å². The molecule has 0 radical (unpaired) electrons. The summed E-state index contributed by atoms with van der Waals surface area (Å²) in [4.78, 5) is 0. The number of benzene rings is 2. The van der Waals surface area contributed by atoms with Gasteiger partial charge >= 0.3 is 0 Å². The van der Waals surface area contributed by atoms with E-state index in [0.29, 0.717) is 17.7 Å². The third-order valence-corrected chi connectivity index (χ3v) is 3.02. The van der Waals surface area contributed by atoms with Crippen LogP contribution in [0, 0.1) is 11.6 Å². The first-order chi connectivity index (χ1) is 9.08. The Balaban J connectivity index is 2.05. The summed E-state index contributed by atoms with van der Waals surface area (Å²) in [7, 11) is 0. The molecule has 0 saturated carbocycles. The number of hydrogen-bond donors (Lipinski definition) is 2. The van der Waals surface area contributed by atoms with Crippen LogP contribution in [0.4, 0.5) is 8.78 Å². The fraction of sp³-hybridized carbons (Fsp3) is 0.200. The lowest BCUT2D eigenvalue weighted by molar-refractivity contribution is 0.445. The molecule has 0 bridgehead atoms. The van der Waals surface area contributed by atoms with E-state index in [1.165, 1.54) is 18.2 Å². The van der Waals surface area contributed by atoms with Crippen LogP contribution in [0.3, 0.4) is 0 Å². The average Bonchev–Trinajstić information content (AvgIpc) is 2.37. The summed E-state index contributed by atoms with van der Waals surface area (Å²) in [5.41, 5.74) is 1.13. The molecule has 2 nitrogen and oxygen atoms in total. The van der Waals surface area contributed by atoms with Crippen LogP contribution in [0.25, 0.3) is 0 Å². The number of nitrogens with one attached hydrogen (secondary N) is 1. The molecule has 19 heavy (non-hydrogen) atoms. The van der Waals surface area contributed by atoms with Crippen molar-refractivity contribution in [2.24, 2.45) is 0 Å². The van der Waals surface area contributed by atoms with Crippen molar-refractivity contribution in [2.45, 2.75) is 19.5 Å². The Morgan fingerprint density at radius 2 is 1.89 bits per heavy atom. The summed E-state index contributed by atoms with van der Waals surface area (Å²) in [5.74, 6) is -0.860. The second-order valence-electron chi connectivity index (χ2n) is 4.40. The molecule has 1 unspecified atom stereocenters. The fourth-order valence-electron chi connectivity index (χ4n) is 1.90. The minimum atomic E-state index is -0.484. The molecule has 4 heteroatoms. The molecule has 1 atom stereocenters. The number of phenolic OH excluding ortho intramolecular Hbond substituents is 1. The van der Waals surface area contributed by atoms with Crippen molar-refractivity contribution in [3.05, 3.63) is 65.2 Å². The summed E-state index contributed by atoms with van der Waals surface area (Å²) >= 11 is 0. The lowest BCUT2D eigenvalue weighted by Gasteiger charge is -2.16. The van der Waals surface area contributed by atoms with E-state index in [1.54, 1.807) is 18.2 Å². The van der Waals surface area contributed by atoms with Crippen LogP contribution in [0.1, 0.15) is 24.1 Å². The smallest absolute Gasteiger partial charge is 0.127 e. The van der Waals surface area contributed by atoms with E-state index in [2.05, 4.69) is 5.32 Å². The van der Waals surface area contributed by atoms with Gasteiger partial charge in [-0.1, -0.05) is 24.3 Å². The molecular weight excluding hydrogens is 248 g/mol. The van der Waals surface area contributed by atoms with Crippen LogP contribution in [-0.2, 0) is 6.54 Å². The molecule has 0 aromatic heterocycles. The fourth-order valence-corrected chi connectivity index (χ4v) is 1.90. The van der Waals surface area contributed by atoms with Gasteiger partial charge < -0.3 is 10.4 Å². The van der Waals surface area contributed by atoms with E-state index in [0.717, 1.165) is 6.07 Å². The summed E-state index contributed by atoms with van der Waals surface area (Å²) in [6, 6.07) is 10.2. The van der Waals surface area contributed by atoms with Crippen molar-refractivity contribution in [2.75, 3.05) is 0 Å². The SMILES string of the molecule is CC(NCc1ccccc1F)c1ccc(F)cc1O. The molecule has 0 spiro atoms. The van der Waals surface area contributed by atoms with Gasteiger partial charge in [0.1, 0.15) is 17.4 Å². The topological polar surface area (TPSA) is 32.3 Å². The van der Waals surface area contributed by atoms with E-state index in [4.69, 9.17) is 0 Å². The zero-order valence-corrected chi connectivity index (χ0v) is 10.5. The van der Waals surface area contributed by atoms with Crippen molar-refractivity contribution < 1.29 is 13.9 Å². The predicted octanol–water partition coefficient (Wildman–Crippen LogP) is 3.52. The largest absolute Gasteiger partial charge is 0.508 e. The predicted molar refractivity (Wildman–Crippen MR) is 69.7 cm³/mol. The molecule has 2 rings (SSSR count). The second kappa shape index (κ2) is 5.80. The highest BCUT2D eigenvalue weighted by atomic mass is 19.1. The van der Waals surface area contributed by atoms with Gasteiger partial charge in [-0.2, -0.15) is 0 Å². The molecular formula is C15H15F2NO. The molecule has 0 aliphatic heterocycles. The van der Waals surface area contributed by atoms with Crippen LogP contribution >= 0.6 is 0 Å². The first-order valence-electron chi connectivity index (χ1n) is 6.03. The zero-order valence-electron chi connectivity index (χ0n) is 10.5. The summed E-state index contributed by atoms with van der Waals surface area (Å²) in [5, 5.41) is 12.8. The molecule has 0 saturated heterocycles. The standard InChI is InChI=1S/C15H15F2NO/c1-10(13-7-6-12(16)8-15(13)19)18-9-11-4-2-3-5-14(11)17/h2-8,10,18-19H,9H2,1H3. The molecule has 0 amide bonds. The maximum Gasteiger partial charge on any atom is 0.127 e. The number of halogens is 2. The molecule has 100 valence electrons. The normalized spacial score (nSPS) is 12.4. The van der Waals surface area contributed by atoms with E-state index in [1.807, 2.05) is 6.92 Å². The molecule has 2 aromatic carbocycles. The Bertz CT molecular complexity index is 572. The number of rotatable bonds is 4. The van der Waals surface area contributed by atoms with E-state index >= 15 is 0 Å². The Kier molecular flexibility index (Phi) is 4.12. The number of aromatic hydroxyl groups is 1. The minimum absolute atomic E-state index is 0.103. The highest BCUT2D eigenvalue weighted by Crippen LogP contribution is 2.25. The maximum absolute atomic E-state index is 13.4. The van der Waals surface area contributed by atoms with Crippen LogP contribution in [-0.4, -0.2) is 5.11 Å². The van der Waals surface area contributed by atoms with Gasteiger partial charge in [0.05, 0.1) is 0 Å². The zero-order chi connectivity index (χ0) is 13.8. The Labute approximate surface area is 110 Å². The maximum atomic E-state index is 13.4. The third-order valence-electron chi connectivity index (χ3n) is 3.02. The van der Waals surface area contributed by atoms with Gasteiger partial charge in [0.25, 0.3) is 0 Å². The van der Waals surface area contributed by atoms with Gasteiger partial charge in [0.15, 0.2) is 0 Å². The molecule has 0 aliphatic carbocycles.